The van der Waals surface area contributed by atoms with Crippen molar-refractivity contribution < 1.29 is 20.0 Å². The first kappa shape index (κ1) is 10.7. The van der Waals surface area contributed by atoms with Gasteiger partial charge in [0.1, 0.15) is 0 Å². The molecule has 0 aliphatic heterocycles. The number of hydrogen-bond donors (Lipinski definition) is 4. The lowest BCUT2D eigenvalue weighted by Gasteiger charge is -2.16. The first-order chi connectivity index (χ1) is 2.94. The zero-order valence-electron chi connectivity index (χ0n) is 4.40. The fourth-order valence-corrected chi connectivity index (χ4v) is 0. The van der Waals surface area contributed by atoms with Crippen LogP contribution < -0.4 is 5.73 Å². The second-order valence-electron chi connectivity index (χ2n) is 1.48. The third-order valence-corrected chi connectivity index (χ3v) is 0.611. The highest BCUT2D eigenvalue weighted by molar-refractivity contribution is 4.59. The van der Waals surface area contributed by atoms with Gasteiger partial charge in [-0.15, -0.1) is 0 Å². The van der Waals surface area contributed by atoms with E-state index in [4.69, 9.17) is 21.1 Å². The maximum Gasteiger partial charge on any atom is 0.291 e. The molecule has 0 bridgehead atoms. The van der Waals surface area contributed by atoms with Crippen molar-refractivity contribution in [3.63, 3.8) is 0 Å². The van der Waals surface area contributed by atoms with E-state index in [0.29, 0.717) is 0 Å². The molecule has 4 nitrogen and oxygen atoms in total. The summed E-state index contributed by atoms with van der Waals surface area (Å²) in [5, 5.41) is 24.2. The lowest BCUT2D eigenvalue weighted by Crippen LogP contribution is -2.45. The fraction of sp³-hybridized carbons (Fsp3) is 1.00. The third-order valence-electron chi connectivity index (χ3n) is 0.611. The predicted molar refractivity (Wildman–Crippen MR) is 25.5 cm³/mol. The number of aliphatic hydroxyl groups is 3. The van der Waals surface area contributed by atoms with Crippen molar-refractivity contribution in [3.8, 4) is 0 Å². The van der Waals surface area contributed by atoms with Gasteiger partial charge in [0.15, 0.2) is 0 Å². The van der Waals surface area contributed by atoms with E-state index < -0.39 is 12.0 Å². The Kier molecular flexibility index (Phi) is 3.92. The minimum Gasteiger partial charge on any atom is -0.342 e. The molecule has 5 heteroatoms. The van der Waals surface area contributed by atoms with Gasteiger partial charge in [-0.25, -0.2) is 0 Å². The number of rotatable bonds is 1. The Hall–Kier alpha value is -0.230. The maximum atomic E-state index is 8.08. The van der Waals surface area contributed by atoms with Crippen LogP contribution in [-0.4, -0.2) is 27.3 Å². The van der Waals surface area contributed by atoms with Crippen LogP contribution in [0.15, 0.2) is 0 Å². The molecule has 52 valence electrons. The van der Waals surface area contributed by atoms with E-state index in [1.54, 1.807) is 0 Å². The highest BCUT2D eigenvalue weighted by Crippen LogP contribution is 1.94. The van der Waals surface area contributed by atoms with Crippen LogP contribution in [-0.2, 0) is 0 Å². The highest BCUT2D eigenvalue weighted by atomic mass is 19.0. The molecule has 0 aliphatic carbocycles. The summed E-state index contributed by atoms with van der Waals surface area (Å²) >= 11 is 0. The normalized spacial score (nSPS) is 14.6. The number of hydrogen-bond acceptors (Lipinski definition) is 4. The van der Waals surface area contributed by atoms with Crippen molar-refractivity contribution in [2.75, 3.05) is 0 Å². The van der Waals surface area contributed by atoms with Crippen molar-refractivity contribution >= 4 is 0 Å². The molecule has 0 saturated heterocycles. The van der Waals surface area contributed by atoms with Crippen molar-refractivity contribution in [1.29, 1.82) is 0 Å². The summed E-state index contributed by atoms with van der Waals surface area (Å²) < 4.78 is 0. The molecule has 8 heavy (non-hydrogen) atoms. The Morgan fingerprint density at radius 1 is 1.38 bits per heavy atom. The van der Waals surface area contributed by atoms with Crippen molar-refractivity contribution in [2.24, 2.45) is 5.73 Å². The fourth-order valence-electron chi connectivity index (χ4n) is 0. The molecular formula is C3H10FNO3. The molecular weight excluding hydrogens is 117 g/mol. The minimum atomic E-state index is -2.72. The van der Waals surface area contributed by atoms with Gasteiger partial charge in [-0.05, 0) is 6.92 Å². The summed E-state index contributed by atoms with van der Waals surface area (Å²) in [6.07, 6.45) is 0. The Morgan fingerprint density at radius 2 is 1.50 bits per heavy atom. The van der Waals surface area contributed by atoms with E-state index in [0.717, 1.165) is 0 Å². The van der Waals surface area contributed by atoms with Gasteiger partial charge >= 0.3 is 0 Å². The molecule has 0 heterocycles. The second kappa shape index (κ2) is 2.93. The van der Waals surface area contributed by atoms with Crippen LogP contribution in [0.4, 0.5) is 4.70 Å². The molecule has 0 aromatic rings. The summed E-state index contributed by atoms with van der Waals surface area (Å²) in [6, 6.07) is -1.03. The van der Waals surface area contributed by atoms with Crippen molar-refractivity contribution in [1.82, 2.24) is 0 Å². The molecule has 0 aromatic carbocycles. The van der Waals surface area contributed by atoms with E-state index >= 15 is 0 Å². The Bertz CT molecular complexity index is 60.0. The van der Waals surface area contributed by atoms with Crippen LogP contribution in [0.5, 0.6) is 0 Å². The van der Waals surface area contributed by atoms with Gasteiger partial charge in [0.2, 0.25) is 0 Å². The number of halogens is 1. The van der Waals surface area contributed by atoms with Gasteiger partial charge in [0.25, 0.3) is 5.97 Å². The highest BCUT2D eigenvalue weighted by Gasteiger charge is 2.23. The van der Waals surface area contributed by atoms with Gasteiger partial charge in [-0.3, -0.25) is 4.70 Å². The average molecular weight is 127 g/mol. The van der Waals surface area contributed by atoms with E-state index in [9.17, 15) is 0 Å². The zero-order valence-corrected chi connectivity index (χ0v) is 4.40. The van der Waals surface area contributed by atoms with Crippen molar-refractivity contribution in [2.45, 2.75) is 18.9 Å². The monoisotopic (exact) mass is 127 g/mol. The van der Waals surface area contributed by atoms with Crippen LogP contribution in [0.3, 0.4) is 0 Å². The van der Waals surface area contributed by atoms with Crippen LogP contribution >= 0.6 is 0 Å². The molecule has 0 fully saturated rings. The maximum absolute atomic E-state index is 8.08. The summed E-state index contributed by atoms with van der Waals surface area (Å²) in [4.78, 5) is 0. The van der Waals surface area contributed by atoms with E-state index in [-0.39, 0.29) is 4.70 Å². The first-order valence-electron chi connectivity index (χ1n) is 1.87. The van der Waals surface area contributed by atoms with E-state index in [2.05, 4.69) is 0 Å². The minimum absolute atomic E-state index is 0. The molecule has 1 atom stereocenters. The summed E-state index contributed by atoms with van der Waals surface area (Å²) in [5.74, 6) is -2.72. The molecule has 0 radical (unpaired) electrons. The molecule has 0 amide bonds. The van der Waals surface area contributed by atoms with Crippen LogP contribution in [0.1, 0.15) is 6.92 Å². The SMILES string of the molecule is CC(N)C(O)(O)O.F. The van der Waals surface area contributed by atoms with Gasteiger partial charge < -0.3 is 21.1 Å². The smallest absolute Gasteiger partial charge is 0.291 e. The third kappa shape index (κ3) is 3.94. The van der Waals surface area contributed by atoms with Crippen molar-refractivity contribution in [3.05, 3.63) is 0 Å². The van der Waals surface area contributed by atoms with Gasteiger partial charge in [-0.1, -0.05) is 0 Å². The zero-order chi connectivity index (χ0) is 6.08. The standard InChI is InChI=1S/C3H9NO3.FH/c1-2(4)3(5,6)7;/h2,5-7H,4H2,1H3;1H. The number of nitrogens with two attached hydrogens (primary N) is 1. The van der Waals surface area contributed by atoms with Crippen LogP contribution in [0.25, 0.3) is 0 Å². The van der Waals surface area contributed by atoms with Crippen LogP contribution in [0.2, 0.25) is 0 Å². The lowest BCUT2D eigenvalue weighted by molar-refractivity contribution is -0.320. The van der Waals surface area contributed by atoms with Crippen LogP contribution in [0, 0.1) is 0 Å². The summed E-state index contributed by atoms with van der Waals surface area (Å²) in [7, 11) is 0. The summed E-state index contributed by atoms with van der Waals surface area (Å²) in [5.41, 5.74) is 4.82. The second-order valence-corrected chi connectivity index (χ2v) is 1.48. The largest absolute Gasteiger partial charge is 0.342 e. The quantitative estimate of drug-likeness (QED) is 0.310. The Balaban J connectivity index is 0. The summed E-state index contributed by atoms with van der Waals surface area (Å²) in [6.45, 7) is 1.28. The van der Waals surface area contributed by atoms with E-state index in [1.165, 1.54) is 6.92 Å². The molecule has 1 unspecified atom stereocenters. The van der Waals surface area contributed by atoms with Gasteiger partial charge in [-0.2, -0.15) is 0 Å². The first-order valence-corrected chi connectivity index (χ1v) is 1.87. The predicted octanol–water partition coefficient (Wildman–Crippen LogP) is -1.88. The Labute approximate surface area is 45.9 Å². The average Bonchev–Trinajstić information content (AvgIpc) is 1.31. The lowest BCUT2D eigenvalue weighted by atomic mass is 10.3. The van der Waals surface area contributed by atoms with E-state index in [1.807, 2.05) is 0 Å². The topological polar surface area (TPSA) is 86.7 Å². The molecule has 0 aromatic heterocycles. The Morgan fingerprint density at radius 3 is 1.50 bits per heavy atom. The van der Waals surface area contributed by atoms with Gasteiger partial charge in [0.05, 0.1) is 6.04 Å². The van der Waals surface area contributed by atoms with Gasteiger partial charge in [0, 0.05) is 0 Å². The molecule has 5 N–H and O–H groups in total. The molecule has 0 saturated carbocycles. The molecule has 0 aliphatic rings. The molecule has 0 spiro atoms. The molecule has 0 rings (SSSR count).